The lowest BCUT2D eigenvalue weighted by atomic mass is 10.1. The van der Waals surface area contributed by atoms with Crippen LogP contribution in [0.1, 0.15) is 16.7 Å². The molecule has 2 rings (SSSR count). The summed E-state index contributed by atoms with van der Waals surface area (Å²) in [6.07, 6.45) is 0.977. The van der Waals surface area contributed by atoms with Crippen molar-refractivity contribution in [1.29, 1.82) is 0 Å². The third-order valence-corrected chi connectivity index (χ3v) is 3.53. The van der Waals surface area contributed by atoms with Crippen LogP contribution >= 0.6 is 24.0 Å². The lowest BCUT2D eigenvalue weighted by Crippen LogP contribution is -2.37. The van der Waals surface area contributed by atoms with E-state index in [2.05, 4.69) is 64.2 Å². The first-order valence-corrected chi connectivity index (χ1v) is 7.87. The lowest BCUT2D eigenvalue weighted by Gasteiger charge is -2.12. The average molecular weight is 439 g/mol. The number of guanidine groups is 1. The maximum Gasteiger partial charge on any atom is 0.191 e. The predicted octanol–water partition coefficient (Wildman–Crippen LogP) is 3.36. The molecule has 0 spiro atoms. The molecule has 0 saturated heterocycles. The van der Waals surface area contributed by atoms with Gasteiger partial charge in [-0.15, -0.1) is 24.0 Å². The summed E-state index contributed by atoms with van der Waals surface area (Å²) in [5.74, 6) is 0.818. The standard InChI is InChI=1S/C19H25N3O.HI/c1-20-19(21-12-11-16-7-4-3-5-8-16)22-14-17-9-6-10-18(13-17)15-23-2;/h3-10,13H,11-12,14-15H2,1-2H3,(H2,20,21,22);1H. The van der Waals surface area contributed by atoms with Gasteiger partial charge >= 0.3 is 0 Å². The van der Waals surface area contributed by atoms with Gasteiger partial charge in [-0.2, -0.15) is 0 Å². The average Bonchev–Trinajstić information content (AvgIpc) is 2.59. The minimum absolute atomic E-state index is 0. The molecule has 4 nitrogen and oxygen atoms in total. The van der Waals surface area contributed by atoms with Gasteiger partial charge in [0.15, 0.2) is 5.96 Å². The van der Waals surface area contributed by atoms with Gasteiger partial charge in [-0.1, -0.05) is 54.6 Å². The molecule has 5 heteroatoms. The quantitative estimate of drug-likeness (QED) is 0.395. The van der Waals surface area contributed by atoms with Crippen molar-refractivity contribution in [2.75, 3.05) is 20.7 Å². The Balaban J connectivity index is 0.00000288. The molecule has 0 aromatic heterocycles. The van der Waals surface area contributed by atoms with Crippen molar-refractivity contribution < 1.29 is 4.74 Å². The van der Waals surface area contributed by atoms with Crippen LogP contribution in [0, 0.1) is 0 Å². The lowest BCUT2D eigenvalue weighted by molar-refractivity contribution is 0.185. The number of aliphatic imine (C=N–C) groups is 1. The third kappa shape index (κ3) is 7.31. The highest BCUT2D eigenvalue weighted by atomic mass is 127. The molecule has 0 aliphatic heterocycles. The predicted molar refractivity (Wildman–Crippen MR) is 111 cm³/mol. The van der Waals surface area contributed by atoms with E-state index >= 15 is 0 Å². The van der Waals surface area contributed by atoms with Gasteiger partial charge in [0.2, 0.25) is 0 Å². The van der Waals surface area contributed by atoms with Gasteiger partial charge < -0.3 is 15.4 Å². The summed E-state index contributed by atoms with van der Waals surface area (Å²) >= 11 is 0. The summed E-state index contributed by atoms with van der Waals surface area (Å²) in [4.78, 5) is 4.26. The topological polar surface area (TPSA) is 45.7 Å². The van der Waals surface area contributed by atoms with E-state index in [1.165, 1.54) is 16.7 Å². The van der Waals surface area contributed by atoms with Crippen LogP contribution < -0.4 is 10.6 Å². The normalized spacial score (nSPS) is 10.8. The zero-order chi connectivity index (χ0) is 16.3. The van der Waals surface area contributed by atoms with E-state index < -0.39 is 0 Å². The number of ether oxygens (including phenoxy) is 1. The van der Waals surface area contributed by atoms with Crippen LogP contribution in [0.4, 0.5) is 0 Å². The monoisotopic (exact) mass is 439 g/mol. The number of halogens is 1. The van der Waals surface area contributed by atoms with Crippen LogP contribution in [0.5, 0.6) is 0 Å². The van der Waals surface area contributed by atoms with E-state index in [-0.39, 0.29) is 24.0 Å². The van der Waals surface area contributed by atoms with Crippen molar-refractivity contribution in [2.45, 2.75) is 19.6 Å². The van der Waals surface area contributed by atoms with E-state index in [4.69, 9.17) is 4.74 Å². The highest BCUT2D eigenvalue weighted by molar-refractivity contribution is 14.0. The smallest absolute Gasteiger partial charge is 0.191 e. The Bertz CT molecular complexity index is 617. The summed E-state index contributed by atoms with van der Waals surface area (Å²) in [5.41, 5.74) is 3.71. The molecule has 130 valence electrons. The van der Waals surface area contributed by atoms with Crippen LogP contribution in [-0.2, 0) is 24.3 Å². The molecule has 0 amide bonds. The fourth-order valence-electron chi connectivity index (χ4n) is 2.37. The van der Waals surface area contributed by atoms with Crippen LogP contribution in [0.2, 0.25) is 0 Å². The maximum absolute atomic E-state index is 5.17. The fraction of sp³-hybridized carbons (Fsp3) is 0.316. The molecule has 0 heterocycles. The minimum atomic E-state index is 0. The van der Waals surface area contributed by atoms with Gasteiger partial charge in [-0.05, 0) is 23.1 Å². The molecule has 0 bridgehead atoms. The van der Waals surface area contributed by atoms with Crippen molar-refractivity contribution >= 4 is 29.9 Å². The van der Waals surface area contributed by atoms with E-state index in [1.54, 1.807) is 14.2 Å². The molecule has 0 fully saturated rings. The Labute approximate surface area is 161 Å². The zero-order valence-corrected chi connectivity index (χ0v) is 16.6. The number of hydrogen-bond donors (Lipinski definition) is 2. The molecule has 0 saturated carbocycles. The number of hydrogen-bond acceptors (Lipinski definition) is 2. The molecule has 0 aliphatic carbocycles. The van der Waals surface area contributed by atoms with E-state index in [9.17, 15) is 0 Å². The molecule has 0 radical (unpaired) electrons. The van der Waals surface area contributed by atoms with E-state index in [0.29, 0.717) is 6.61 Å². The van der Waals surface area contributed by atoms with Crippen molar-refractivity contribution in [3.63, 3.8) is 0 Å². The largest absolute Gasteiger partial charge is 0.380 e. The third-order valence-electron chi connectivity index (χ3n) is 3.53. The Hall–Kier alpha value is -1.60. The molecule has 0 aliphatic rings. The SMILES string of the molecule is CN=C(NCCc1ccccc1)NCc1cccc(COC)c1.I. The van der Waals surface area contributed by atoms with Crippen molar-refractivity contribution in [3.8, 4) is 0 Å². The van der Waals surface area contributed by atoms with Gasteiger partial charge in [0.05, 0.1) is 6.61 Å². The number of nitrogens with one attached hydrogen (secondary N) is 2. The molecular weight excluding hydrogens is 413 g/mol. The fourth-order valence-corrected chi connectivity index (χ4v) is 2.37. The molecule has 2 aromatic carbocycles. The second-order valence-electron chi connectivity index (χ2n) is 5.34. The van der Waals surface area contributed by atoms with Crippen molar-refractivity contribution in [1.82, 2.24) is 10.6 Å². The molecule has 24 heavy (non-hydrogen) atoms. The summed E-state index contributed by atoms with van der Waals surface area (Å²) < 4.78 is 5.17. The molecule has 0 atom stereocenters. The molecule has 2 N–H and O–H groups in total. The number of nitrogens with zero attached hydrogens (tertiary/aromatic N) is 1. The second-order valence-corrected chi connectivity index (χ2v) is 5.34. The van der Waals surface area contributed by atoms with Gasteiger partial charge in [0, 0.05) is 27.2 Å². The van der Waals surface area contributed by atoms with E-state index in [1.807, 2.05) is 6.07 Å². The molecular formula is C19H26IN3O. The van der Waals surface area contributed by atoms with Gasteiger partial charge in [0.1, 0.15) is 0 Å². The minimum Gasteiger partial charge on any atom is -0.380 e. The zero-order valence-electron chi connectivity index (χ0n) is 14.3. The van der Waals surface area contributed by atoms with Gasteiger partial charge in [-0.3, -0.25) is 4.99 Å². The number of methoxy groups -OCH3 is 1. The van der Waals surface area contributed by atoms with Crippen molar-refractivity contribution in [3.05, 3.63) is 71.3 Å². The first-order valence-electron chi connectivity index (χ1n) is 7.87. The Morgan fingerprint density at radius 1 is 0.958 bits per heavy atom. The number of benzene rings is 2. The van der Waals surface area contributed by atoms with Gasteiger partial charge in [0.25, 0.3) is 0 Å². The Kier molecular flexibility index (Phi) is 10.1. The van der Waals surface area contributed by atoms with E-state index in [0.717, 1.165) is 25.5 Å². The van der Waals surface area contributed by atoms with Crippen LogP contribution in [0.3, 0.4) is 0 Å². The maximum atomic E-state index is 5.17. The summed E-state index contributed by atoms with van der Waals surface area (Å²) in [5, 5.41) is 6.68. The Morgan fingerprint density at radius 2 is 1.67 bits per heavy atom. The highest BCUT2D eigenvalue weighted by Crippen LogP contribution is 2.06. The molecule has 0 unspecified atom stereocenters. The highest BCUT2D eigenvalue weighted by Gasteiger charge is 2.00. The summed E-state index contributed by atoms with van der Waals surface area (Å²) in [6, 6.07) is 18.8. The number of rotatable bonds is 7. The van der Waals surface area contributed by atoms with Gasteiger partial charge in [-0.25, -0.2) is 0 Å². The van der Waals surface area contributed by atoms with Crippen LogP contribution in [0.15, 0.2) is 59.6 Å². The summed E-state index contributed by atoms with van der Waals surface area (Å²) in [7, 11) is 3.50. The second kappa shape index (κ2) is 11.9. The summed E-state index contributed by atoms with van der Waals surface area (Å²) in [6.45, 7) is 2.23. The first-order chi connectivity index (χ1) is 11.3. The Morgan fingerprint density at radius 3 is 2.38 bits per heavy atom. The molecule has 2 aromatic rings. The van der Waals surface area contributed by atoms with Crippen LogP contribution in [-0.4, -0.2) is 26.7 Å². The van der Waals surface area contributed by atoms with Crippen LogP contribution in [0.25, 0.3) is 0 Å². The van der Waals surface area contributed by atoms with Crippen molar-refractivity contribution in [2.24, 2.45) is 4.99 Å². The first kappa shape index (κ1) is 20.4.